The molecule has 0 aromatic carbocycles. The number of amides is 1. The van der Waals surface area contributed by atoms with Crippen LogP contribution in [0.25, 0.3) is 0 Å². The predicted molar refractivity (Wildman–Crippen MR) is 81.8 cm³/mol. The smallest absolute Gasteiger partial charge is 0.264 e. The number of rotatable bonds is 3. The van der Waals surface area contributed by atoms with Crippen LogP contribution in [0.15, 0.2) is 11.4 Å². The average molecular weight is 310 g/mol. The summed E-state index contributed by atoms with van der Waals surface area (Å²) in [5, 5.41) is 12.7. The van der Waals surface area contributed by atoms with Gasteiger partial charge in [0.25, 0.3) is 5.91 Å². The van der Waals surface area contributed by atoms with E-state index < -0.39 is 5.60 Å². The highest BCUT2D eigenvalue weighted by atomic mass is 32.1. The van der Waals surface area contributed by atoms with E-state index in [1.54, 1.807) is 4.90 Å². The maximum atomic E-state index is 12.5. The van der Waals surface area contributed by atoms with Crippen molar-refractivity contribution in [2.24, 2.45) is 0 Å². The molecule has 2 fully saturated rings. The number of likely N-dealkylation sites (tertiary alicyclic amines) is 1. The van der Waals surface area contributed by atoms with E-state index in [0.717, 1.165) is 36.7 Å². The molecule has 21 heavy (non-hydrogen) atoms. The van der Waals surface area contributed by atoms with Gasteiger partial charge in [-0.1, -0.05) is 0 Å². The molecule has 0 bridgehead atoms. The Bertz CT molecular complexity index is 513. The number of aryl methyl sites for hydroxylation is 1. The van der Waals surface area contributed by atoms with Crippen LogP contribution in [-0.2, 0) is 4.74 Å². The molecule has 1 amide bonds. The number of hydrogen-bond acceptors (Lipinski definition) is 5. The summed E-state index contributed by atoms with van der Waals surface area (Å²) in [7, 11) is 0. The van der Waals surface area contributed by atoms with E-state index in [2.05, 4.69) is 4.90 Å². The average Bonchev–Trinajstić information content (AvgIpc) is 3.06. The van der Waals surface area contributed by atoms with E-state index in [0.29, 0.717) is 26.1 Å². The second kappa shape index (κ2) is 6.04. The molecule has 0 aliphatic carbocycles. The van der Waals surface area contributed by atoms with Gasteiger partial charge in [-0.25, -0.2) is 0 Å². The van der Waals surface area contributed by atoms with E-state index in [1.807, 2.05) is 18.4 Å². The van der Waals surface area contributed by atoms with E-state index in [9.17, 15) is 9.90 Å². The fraction of sp³-hybridized carbons (Fsp3) is 0.667. The number of carbonyl (C=O) groups is 1. The molecule has 1 atom stereocenters. The largest absolute Gasteiger partial charge is 0.387 e. The molecule has 2 aliphatic heterocycles. The molecule has 0 spiro atoms. The first kappa shape index (κ1) is 15.0. The summed E-state index contributed by atoms with van der Waals surface area (Å²) in [5.74, 6) is 0.0559. The maximum absolute atomic E-state index is 12.5. The zero-order valence-corrected chi connectivity index (χ0v) is 13.2. The molecule has 6 heteroatoms. The molecule has 2 saturated heterocycles. The molecule has 2 aliphatic rings. The molecule has 1 aromatic rings. The van der Waals surface area contributed by atoms with Crippen molar-refractivity contribution in [1.82, 2.24) is 9.80 Å². The Morgan fingerprint density at radius 2 is 2.19 bits per heavy atom. The van der Waals surface area contributed by atoms with Gasteiger partial charge in [-0.05, 0) is 30.4 Å². The van der Waals surface area contributed by atoms with Crippen LogP contribution < -0.4 is 0 Å². The van der Waals surface area contributed by atoms with Gasteiger partial charge in [0.1, 0.15) is 0 Å². The third kappa shape index (κ3) is 3.29. The lowest BCUT2D eigenvalue weighted by Gasteiger charge is -2.33. The number of hydrogen-bond donors (Lipinski definition) is 1. The zero-order valence-electron chi connectivity index (χ0n) is 12.4. The van der Waals surface area contributed by atoms with Gasteiger partial charge < -0.3 is 14.7 Å². The Balaban J connectivity index is 1.61. The van der Waals surface area contributed by atoms with Crippen molar-refractivity contribution in [1.29, 1.82) is 0 Å². The quantitative estimate of drug-likeness (QED) is 0.904. The number of ether oxygens (including phenoxy) is 1. The van der Waals surface area contributed by atoms with Gasteiger partial charge in [0.2, 0.25) is 0 Å². The topological polar surface area (TPSA) is 53.0 Å². The Hall–Kier alpha value is -0.950. The van der Waals surface area contributed by atoms with Gasteiger partial charge in [-0.15, -0.1) is 11.3 Å². The zero-order chi connectivity index (χ0) is 14.9. The fourth-order valence-corrected chi connectivity index (χ4v) is 3.96. The van der Waals surface area contributed by atoms with Crippen LogP contribution in [0, 0.1) is 6.92 Å². The van der Waals surface area contributed by atoms with Gasteiger partial charge in [0.05, 0.1) is 30.2 Å². The second-order valence-electron chi connectivity index (χ2n) is 6.02. The molecular weight excluding hydrogens is 288 g/mol. The van der Waals surface area contributed by atoms with Crippen molar-refractivity contribution in [3.8, 4) is 0 Å². The normalized spacial score (nSPS) is 27.2. The Kier molecular flexibility index (Phi) is 4.31. The lowest BCUT2D eigenvalue weighted by Crippen LogP contribution is -2.49. The number of thiophene rings is 1. The Morgan fingerprint density at radius 3 is 2.86 bits per heavy atom. The first-order chi connectivity index (χ1) is 10.1. The van der Waals surface area contributed by atoms with Crippen LogP contribution in [0.1, 0.15) is 21.7 Å². The van der Waals surface area contributed by atoms with Crippen LogP contribution in [-0.4, -0.2) is 72.4 Å². The van der Waals surface area contributed by atoms with E-state index in [-0.39, 0.29) is 5.91 Å². The fourth-order valence-electron chi connectivity index (χ4n) is 3.07. The number of β-amino-alcohol motifs (C(OH)–C–C–N with tert-alkyl or cyclic N) is 1. The summed E-state index contributed by atoms with van der Waals surface area (Å²) in [4.78, 5) is 17.3. The molecular formula is C15H22N2O3S. The summed E-state index contributed by atoms with van der Waals surface area (Å²) in [6.07, 6.45) is 0.653. The van der Waals surface area contributed by atoms with Crippen molar-refractivity contribution in [2.45, 2.75) is 18.9 Å². The minimum Gasteiger partial charge on any atom is -0.387 e. The molecule has 0 saturated carbocycles. The molecule has 1 unspecified atom stereocenters. The van der Waals surface area contributed by atoms with E-state index >= 15 is 0 Å². The monoisotopic (exact) mass is 310 g/mol. The molecule has 5 nitrogen and oxygen atoms in total. The van der Waals surface area contributed by atoms with Crippen LogP contribution in [0.2, 0.25) is 0 Å². The summed E-state index contributed by atoms with van der Waals surface area (Å²) in [6, 6.07) is 1.97. The van der Waals surface area contributed by atoms with E-state index in [4.69, 9.17) is 4.74 Å². The summed E-state index contributed by atoms with van der Waals surface area (Å²) < 4.78 is 5.33. The highest BCUT2D eigenvalue weighted by Gasteiger charge is 2.40. The predicted octanol–water partition coefficient (Wildman–Crippen LogP) is 0.966. The Morgan fingerprint density at radius 1 is 1.43 bits per heavy atom. The van der Waals surface area contributed by atoms with Crippen LogP contribution in [0.5, 0.6) is 0 Å². The van der Waals surface area contributed by atoms with Crippen LogP contribution >= 0.6 is 11.3 Å². The van der Waals surface area contributed by atoms with Crippen molar-refractivity contribution in [3.05, 3.63) is 21.9 Å². The molecule has 116 valence electrons. The van der Waals surface area contributed by atoms with Gasteiger partial charge in [0.15, 0.2) is 0 Å². The van der Waals surface area contributed by atoms with Gasteiger partial charge in [0, 0.05) is 26.2 Å². The van der Waals surface area contributed by atoms with Gasteiger partial charge in [-0.2, -0.15) is 0 Å². The maximum Gasteiger partial charge on any atom is 0.264 e. The number of carbonyl (C=O) groups excluding carboxylic acids is 1. The van der Waals surface area contributed by atoms with Gasteiger partial charge >= 0.3 is 0 Å². The second-order valence-corrected chi connectivity index (χ2v) is 6.94. The van der Waals surface area contributed by atoms with E-state index in [1.165, 1.54) is 11.3 Å². The molecule has 3 rings (SSSR count). The highest BCUT2D eigenvalue weighted by Crippen LogP contribution is 2.26. The van der Waals surface area contributed by atoms with Crippen molar-refractivity contribution >= 4 is 17.2 Å². The minimum atomic E-state index is -0.780. The van der Waals surface area contributed by atoms with Crippen molar-refractivity contribution < 1.29 is 14.6 Å². The number of morpholine rings is 1. The third-order valence-electron chi connectivity index (χ3n) is 4.30. The number of aliphatic hydroxyl groups is 1. The van der Waals surface area contributed by atoms with Crippen molar-refractivity contribution in [2.75, 3.05) is 45.9 Å². The van der Waals surface area contributed by atoms with Crippen LogP contribution in [0.4, 0.5) is 0 Å². The SMILES string of the molecule is Cc1ccsc1C(=O)N1CCC(O)(CN2CCOCC2)C1. The molecule has 1 N–H and O–H groups in total. The Labute approximate surface area is 129 Å². The lowest BCUT2D eigenvalue weighted by molar-refractivity contribution is -0.0257. The highest BCUT2D eigenvalue weighted by molar-refractivity contribution is 7.12. The molecule has 3 heterocycles. The molecule has 1 aromatic heterocycles. The summed E-state index contributed by atoms with van der Waals surface area (Å²) >= 11 is 1.48. The third-order valence-corrected chi connectivity index (χ3v) is 5.30. The molecule has 0 radical (unpaired) electrons. The summed E-state index contributed by atoms with van der Waals surface area (Å²) in [6.45, 7) is 6.83. The first-order valence-electron chi connectivity index (χ1n) is 7.43. The first-order valence-corrected chi connectivity index (χ1v) is 8.31. The van der Waals surface area contributed by atoms with Crippen molar-refractivity contribution in [3.63, 3.8) is 0 Å². The van der Waals surface area contributed by atoms with Crippen LogP contribution in [0.3, 0.4) is 0 Å². The van der Waals surface area contributed by atoms with Gasteiger partial charge in [-0.3, -0.25) is 9.69 Å². The lowest BCUT2D eigenvalue weighted by atomic mass is 10.0. The summed E-state index contributed by atoms with van der Waals surface area (Å²) in [5.41, 5.74) is 0.242. The standard InChI is InChI=1S/C15H22N2O3S/c1-12-2-9-21-13(12)14(18)17-4-3-15(19,11-17)10-16-5-7-20-8-6-16/h2,9,19H,3-8,10-11H2,1H3. The number of nitrogens with zero attached hydrogens (tertiary/aromatic N) is 2. The minimum absolute atomic E-state index is 0.0559.